The average Bonchev–Trinajstić information content (AvgIpc) is 2.67. The molecule has 0 spiro atoms. The third-order valence-corrected chi connectivity index (χ3v) is 5.25. The van der Waals surface area contributed by atoms with E-state index >= 15 is 0 Å². The normalized spacial score (nSPS) is 10.7. The van der Waals surface area contributed by atoms with E-state index in [4.69, 9.17) is 5.26 Å². The molecule has 0 aliphatic rings. The minimum absolute atomic E-state index is 0.00306. The van der Waals surface area contributed by atoms with Crippen LogP contribution in [0.5, 0.6) is 0 Å². The van der Waals surface area contributed by atoms with Gasteiger partial charge in [0, 0.05) is 22.8 Å². The first kappa shape index (κ1) is 20.8. The second kappa shape index (κ2) is 8.59. The van der Waals surface area contributed by atoms with E-state index in [2.05, 4.69) is 25.3 Å². The molecule has 0 radical (unpaired) electrons. The van der Waals surface area contributed by atoms with Crippen LogP contribution in [0.1, 0.15) is 17.0 Å². The van der Waals surface area contributed by atoms with Crippen molar-refractivity contribution in [1.82, 2.24) is 9.97 Å². The van der Waals surface area contributed by atoms with Gasteiger partial charge in [0.1, 0.15) is 0 Å². The molecule has 0 atom stereocenters. The molecule has 0 saturated heterocycles. The second-order valence-corrected chi connectivity index (χ2v) is 8.05. The van der Waals surface area contributed by atoms with Crippen LogP contribution in [0.25, 0.3) is 0 Å². The summed E-state index contributed by atoms with van der Waals surface area (Å²) < 4.78 is 27.4. The van der Waals surface area contributed by atoms with Gasteiger partial charge in [0.05, 0.1) is 16.5 Å². The molecule has 2 amide bonds. The highest BCUT2D eigenvalue weighted by Gasteiger charge is 2.16. The molecular weight excluding hydrogens is 404 g/mol. The van der Waals surface area contributed by atoms with Crippen molar-refractivity contribution in [3.05, 3.63) is 71.5 Å². The Balaban J connectivity index is 1.66. The van der Waals surface area contributed by atoms with E-state index in [0.29, 0.717) is 28.3 Å². The molecule has 3 rings (SSSR count). The quantitative estimate of drug-likeness (QED) is 0.576. The van der Waals surface area contributed by atoms with Gasteiger partial charge < -0.3 is 10.6 Å². The largest absolute Gasteiger partial charge is 0.323 e. The maximum absolute atomic E-state index is 12.5. The lowest BCUT2D eigenvalue weighted by Gasteiger charge is -2.10. The molecule has 3 N–H and O–H groups in total. The fourth-order valence-corrected chi connectivity index (χ4v) is 3.53. The van der Waals surface area contributed by atoms with E-state index in [0.717, 1.165) is 0 Å². The number of rotatable bonds is 5. The second-order valence-electron chi connectivity index (χ2n) is 6.37. The van der Waals surface area contributed by atoms with Crippen LogP contribution in [0, 0.1) is 25.2 Å². The van der Waals surface area contributed by atoms with E-state index < -0.39 is 16.1 Å². The third kappa shape index (κ3) is 5.30. The topological polar surface area (TPSA) is 137 Å². The van der Waals surface area contributed by atoms with Crippen molar-refractivity contribution in [2.24, 2.45) is 0 Å². The van der Waals surface area contributed by atoms with E-state index in [1.54, 1.807) is 44.2 Å². The monoisotopic (exact) mass is 422 g/mol. The zero-order valence-electron chi connectivity index (χ0n) is 16.2. The Morgan fingerprint density at radius 2 is 1.40 bits per heavy atom. The van der Waals surface area contributed by atoms with Crippen LogP contribution in [0.3, 0.4) is 0 Å². The number of aromatic nitrogens is 2. The Hall–Kier alpha value is -3.97. The summed E-state index contributed by atoms with van der Waals surface area (Å²) in [6, 6.07) is 15.3. The number of carbonyl (C=O) groups is 1. The van der Waals surface area contributed by atoms with Crippen molar-refractivity contribution in [3.63, 3.8) is 0 Å². The Bertz CT molecular complexity index is 1200. The van der Waals surface area contributed by atoms with Gasteiger partial charge in [0.2, 0.25) is 5.95 Å². The molecule has 1 heterocycles. The summed E-state index contributed by atoms with van der Waals surface area (Å²) in [6.45, 7) is 3.49. The van der Waals surface area contributed by atoms with Crippen LogP contribution >= 0.6 is 0 Å². The number of hydrogen-bond acceptors (Lipinski definition) is 6. The summed E-state index contributed by atoms with van der Waals surface area (Å²) in [6.07, 6.45) is 0. The zero-order chi connectivity index (χ0) is 21.7. The van der Waals surface area contributed by atoms with Crippen LogP contribution in [0.4, 0.5) is 22.1 Å². The summed E-state index contributed by atoms with van der Waals surface area (Å²) in [4.78, 5) is 20.2. The first-order valence-corrected chi connectivity index (χ1v) is 10.3. The fourth-order valence-electron chi connectivity index (χ4n) is 2.59. The molecule has 0 unspecified atom stereocenters. The Labute approximate surface area is 173 Å². The predicted molar refractivity (Wildman–Crippen MR) is 113 cm³/mol. The lowest BCUT2D eigenvalue weighted by atomic mass is 10.2. The number of amides is 2. The number of carbonyl (C=O) groups excluding carboxylic acids is 1. The van der Waals surface area contributed by atoms with E-state index in [1.165, 1.54) is 24.3 Å². The van der Waals surface area contributed by atoms with Gasteiger partial charge in [0.25, 0.3) is 10.0 Å². The van der Waals surface area contributed by atoms with Crippen LogP contribution in [0.15, 0.2) is 59.5 Å². The lowest BCUT2D eigenvalue weighted by molar-refractivity contribution is 0.262. The average molecular weight is 422 g/mol. The van der Waals surface area contributed by atoms with Crippen molar-refractivity contribution >= 4 is 33.4 Å². The van der Waals surface area contributed by atoms with Crippen molar-refractivity contribution in [3.8, 4) is 6.07 Å². The Morgan fingerprint density at radius 3 is 1.90 bits per heavy atom. The molecular formula is C20H18N6O3S. The molecule has 1 aromatic heterocycles. The zero-order valence-corrected chi connectivity index (χ0v) is 17.0. The molecule has 0 aliphatic carbocycles. The van der Waals surface area contributed by atoms with Gasteiger partial charge in [-0.3, -0.25) is 0 Å². The summed E-state index contributed by atoms with van der Waals surface area (Å²) in [7, 11) is -3.88. The molecule has 9 nitrogen and oxygen atoms in total. The maximum atomic E-state index is 12.5. The molecule has 2 aromatic carbocycles. The molecule has 0 fully saturated rings. The van der Waals surface area contributed by atoms with Crippen molar-refractivity contribution in [2.75, 3.05) is 15.4 Å². The van der Waals surface area contributed by atoms with Crippen molar-refractivity contribution in [2.45, 2.75) is 18.7 Å². The van der Waals surface area contributed by atoms with Gasteiger partial charge in [-0.1, -0.05) is 0 Å². The van der Waals surface area contributed by atoms with Crippen LogP contribution in [0.2, 0.25) is 0 Å². The minimum Gasteiger partial charge on any atom is -0.308 e. The SMILES string of the molecule is Cc1cc(C)nc(NS(=O)(=O)c2ccc(NC(=O)Nc3ccc(C#N)cc3)cc2)n1. The number of aryl methyl sites for hydroxylation is 2. The summed E-state index contributed by atoms with van der Waals surface area (Å²) in [5.41, 5.74) is 2.70. The van der Waals surface area contributed by atoms with Crippen LogP contribution < -0.4 is 15.4 Å². The highest BCUT2D eigenvalue weighted by Crippen LogP contribution is 2.17. The molecule has 30 heavy (non-hydrogen) atoms. The van der Waals surface area contributed by atoms with Crippen molar-refractivity contribution in [1.29, 1.82) is 5.26 Å². The number of benzene rings is 2. The molecule has 152 valence electrons. The summed E-state index contributed by atoms with van der Waals surface area (Å²) >= 11 is 0. The van der Waals surface area contributed by atoms with E-state index in [-0.39, 0.29) is 10.8 Å². The molecule has 0 saturated carbocycles. The van der Waals surface area contributed by atoms with Gasteiger partial charge in [-0.2, -0.15) is 5.26 Å². The molecule has 3 aromatic rings. The highest BCUT2D eigenvalue weighted by molar-refractivity contribution is 7.92. The summed E-state index contributed by atoms with van der Waals surface area (Å²) in [5, 5.41) is 14.0. The van der Waals surface area contributed by atoms with Gasteiger partial charge in [0.15, 0.2) is 0 Å². The first-order chi connectivity index (χ1) is 14.2. The number of urea groups is 1. The van der Waals surface area contributed by atoms with Crippen LogP contribution in [-0.4, -0.2) is 24.4 Å². The van der Waals surface area contributed by atoms with E-state index in [9.17, 15) is 13.2 Å². The molecule has 0 bridgehead atoms. The Kier molecular flexibility index (Phi) is 5.94. The van der Waals surface area contributed by atoms with Gasteiger partial charge >= 0.3 is 6.03 Å². The molecule has 0 aliphatic heterocycles. The number of nitriles is 1. The van der Waals surface area contributed by atoms with Gasteiger partial charge in [-0.05, 0) is 68.4 Å². The van der Waals surface area contributed by atoms with Crippen LogP contribution in [-0.2, 0) is 10.0 Å². The van der Waals surface area contributed by atoms with Gasteiger partial charge in [-0.25, -0.2) is 27.9 Å². The maximum Gasteiger partial charge on any atom is 0.323 e. The third-order valence-electron chi connectivity index (χ3n) is 3.90. The fraction of sp³-hybridized carbons (Fsp3) is 0.100. The van der Waals surface area contributed by atoms with E-state index in [1.807, 2.05) is 6.07 Å². The summed E-state index contributed by atoms with van der Waals surface area (Å²) in [5.74, 6) is -0.00324. The number of nitrogens with zero attached hydrogens (tertiary/aromatic N) is 3. The minimum atomic E-state index is -3.88. The highest BCUT2D eigenvalue weighted by atomic mass is 32.2. The predicted octanol–water partition coefficient (Wildman–Crippen LogP) is 3.41. The van der Waals surface area contributed by atoms with Crippen molar-refractivity contribution < 1.29 is 13.2 Å². The smallest absolute Gasteiger partial charge is 0.308 e. The first-order valence-electron chi connectivity index (χ1n) is 8.78. The lowest BCUT2D eigenvalue weighted by Crippen LogP contribution is -2.19. The molecule has 10 heteroatoms. The van der Waals surface area contributed by atoms with Gasteiger partial charge in [-0.15, -0.1) is 0 Å². The number of anilines is 3. The number of hydrogen-bond donors (Lipinski definition) is 3. The number of sulfonamides is 1. The Morgan fingerprint density at radius 1 is 0.900 bits per heavy atom. The standard InChI is InChI=1S/C20H18N6O3S/c1-13-11-14(2)23-19(22-13)26-30(28,29)18-9-7-17(8-10-18)25-20(27)24-16-5-3-15(12-21)4-6-16/h3-11H,1-2H3,(H,22,23,26)(H2,24,25,27). The number of nitrogens with one attached hydrogen (secondary N) is 3.